The molecule has 142 valence electrons. The number of nitrogens with zero attached hydrogens (tertiary/aromatic N) is 1. The quantitative estimate of drug-likeness (QED) is 0.605. The Morgan fingerprint density at radius 2 is 1.70 bits per heavy atom. The van der Waals surface area contributed by atoms with Gasteiger partial charge in [-0.2, -0.15) is 0 Å². The van der Waals surface area contributed by atoms with E-state index < -0.39 is 0 Å². The summed E-state index contributed by atoms with van der Waals surface area (Å²) in [5.74, 6) is 1.72. The molecule has 0 aliphatic rings. The third-order valence-corrected chi connectivity index (χ3v) is 4.63. The van der Waals surface area contributed by atoms with E-state index in [1.165, 1.54) is 11.3 Å². The zero-order valence-corrected chi connectivity index (χ0v) is 16.4. The number of carbonyl (C=O) groups excluding carboxylic acids is 1. The summed E-state index contributed by atoms with van der Waals surface area (Å²) in [6, 6.07) is 10.8. The van der Waals surface area contributed by atoms with Gasteiger partial charge in [0.2, 0.25) is 0 Å². The SMILES string of the molecule is CCOc1ccc2nc(NC(=O)c3ccc(OCC)c(OCC)c3)sc2c1. The van der Waals surface area contributed by atoms with Gasteiger partial charge in [-0.25, -0.2) is 4.98 Å². The maximum absolute atomic E-state index is 12.6. The van der Waals surface area contributed by atoms with E-state index in [2.05, 4.69) is 10.3 Å². The highest BCUT2D eigenvalue weighted by molar-refractivity contribution is 7.22. The molecule has 1 heterocycles. The number of fused-ring (bicyclic) bond motifs is 1. The van der Waals surface area contributed by atoms with Crippen LogP contribution in [0.4, 0.5) is 5.13 Å². The highest BCUT2D eigenvalue weighted by Gasteiger charge is 2.14. The van der Waals surface area contributed by atoms with Gasteiger partial charge >= 0.3 is 0 Å². The van der Waals surface area contributed by atoms with Crippen molar-refractivity contribution in [2.24, 2.45) is 0 Å². The van der Waals surface area contributed by atoms with E-state index in [1.54, 1.807) is 18.2 Å². The Hall–Kier alpha value is -2.80. The fourth-order valence-electron chi connectivity index (χ4n) is 2.58. The van der Waals surface area contributed by atoms with Crippen LogP contribution in [-0.4, -0.2) is 30.7 Å². The zero-order chi connectivity index (χ0) is 19.2. The van der Waals surface area contributed by atoms with Crippen molar-refractivity contribution < 1.29 is 19.0 Å². The van der Waals surface area contributed by atoms with Gasteiger partial charge in [0.1, 0.15) is 5.75 Å². The van der Waals surface area contributed by atoms with Crippen molar-refractivity contribution in [1.82, 2.24) is 4.98 Å². The van der Waals surface area contributed by atoms with Crippen LogP contribution in [0.25, 0.3) is 10.2 Å². The summed E-state index contributed by atoms with van der Waals surface area (Å²) >= 11 is 1.41. The molecule has 0 bridgehead atoms. The Bertz CT molecular complexity index is 939. The summed E-state index contributed by atoms with van der Waals surface area (Å²) in [5, 5.41) is 3.39. The number of thiazole rings is 1. The maximum atomic E-state index is 12.6. The number of aromatic nitrogens is 1. The predicted molar refractivity (Wildman–Crippen MR) is 108 cm³/mol. The molecule has 3 rings (SSSR count). The molecule has 0 atom stereocenters. The molecule has 27 heavy (non-hydrogen) atoms. The average molecular weight is 386 g/mol. The number of carbonyl (C=O) groups is 1. The number of ether oxygens (including phenoxy) is 3. The van der Waals surface area contributed by atoms with E-state index in [-0.39, 0.29) is 5.91 Å². The lowest BCUT2D eigenvalue weighted by Crippen LogP contribution is -2.12. The minimum Gasteiger partial charge on any atom is -0.494 e. The highest BCUT2D eigenvalue weighted by Crippen LogP contribution is 2.31. The van der Waals surface area contributed by atoms with Gasteiger partial charge in [0.15, 0.2) is 16.6 Å². The van der Waals surface area contributed by atoms with Crippen LogP contribution in [0.1, 0.15) is 31.1 Å². The van der Waals surface area contributed by atoms with Crippen molar-refractivity contribution in [1.29, 1.82) is 0 Å². The molecule has 7 heteroatoms. The lowest BCUT2D eigenvalue weighted by Gasteiger charge is -2.12. The predicted octanol–water partition coefficient (Wildman–Crippen LogP) is 4.74. The minimum absolute atomic E-state index is 0.247. The molecule has 0 unspecified atom stereocenters. The first kappa shape index (κ1) is 19.0. The van der Waals surface area contributed by atoms with Crippen LogP contribution in [0.2, 0.25) is 0 Å². The largest absolute Gasteiger partial charge is 0.494 e. The first-order valence-electron chi connectivity index (χ1n) is 8.89. The van der Waals surface area contributed by atoms with E-state index in [4.69, 9.17) is 14.2 Å². The first-order chi connectivity index (χ1) is 13.1. The van der Waals surface area contributed by atoms with Gasteiger partial charge in [-0.1, -0.05) is 11.3 Å². The zero-order valence-electron chi connectivity index (χ0n) is 15.6. The number of anilines is 1. The third-order valence-electron chi connectivity index (χ3n) is 3.70. The van der Waals surface area contributed by atoms with Crippen molar-refractivity contribution >= 4 is 32.6 Å². The van der Waals surface area contributed by atoms with Crippen LogP contribution in [-0.2, 0) is 0 Å². The van der Waals surface area contributed by atoms with Crippen LogP contribution < -0.4 is 19.5 Å². The molecule has 0 saturated carbocycles. The van der Waals surface area contributed by atoms with Gasteiger partial charge in [0, 0.05) is 5.56 Å². The molecule has 1 amide bonds. The molecule has 0 aliphatic heterocycles. The molecular formula is C20H22N2O4S. The van der Waals surface area contributed by atoms with Crippen LogP contribution in [0.15, 0.2) is 36.4 Å². The maximum Gasteiger partial charge on any atom is 0.257 e. The number of rotatable bonds is 8. The lowest BCUT2D eigenvalue weighted by molar-refractivity contribution is 0.102. The van der Waals surface area contributed by atoms with Gasteiger partial charge in [-0.05, 0) is 57.2 Å². The highest BCUT2D eigenvalue weighted by atomic mass is 32.1. The normalized spacial score (nSPS) is 10.6. The number of hydrogen-bond acceptors (Lipinski definition) is 6. The summed E-state index contributed by atoms with van der Waals surface area (Å²) < 4.78 is 17.6. The molecule has 0 aliphatic carbocycles. The van der Waals surface area contributed by atoms with Gasteiger partial charge in [-0.3, -0.25) is 10.1 Å². The summed E-state index contributed by atoms with van der Waals surface area (Å²) in [6.45, 7) is 7.36. The molecule has 0 radical (unpaired) electrons. The number of benzene rings is 2. The van der Waals surface area contributed by atoms with Crippen molar-refractivity contribution in [3.8, 4) is 17.2 Å². The number of hydrogen-bond donors (Lipinski definition) is 1. The van der Waals surface area contributed by atoms with E-state index >= 15 is 0 Å². The summed E-state index contributed by atoms with van der Waals surface area (Å²) in [5.41, 5.74) is 1.30. The van der Waals surface area contributed by atoms with Crippen LogP contribution in [0.5, 0.6) is 17.2 Å². The standard InChI is InChI=1S/C20H22N2O4S/c1-4-24-14-8-9-15-18(12-14)27-20(21-15)22-19(23)13-7-10-16(25-5-2)17(11-13)26-6-3/h7-12H,4-6H2,1-3H3,(H,21,22,23). The van der Waals surface area contributed by atoms with E-state index in [9.17, 15) is 4.79 Å². The van der Waals surface area contributed by atoms with Gasteiger partial charge in [0.05, 0.1) is 30.0 Å². The lowest BCUT2D eigenvalue weighted by atomic mass is 10.2. The average Bonchev–Trinajstić information content (AvgIpc) is 3.05. The fourth-order valence-corrected chi connectivity index (χ4v) is 3.47. The number of amides is 1. The Kier molecular flexibility index (Phi) is 6.13. The molecule has 0 fully saturated rings. The molecule has 2 aromatic carbocycles. The summed E-state index contributed by atoms with van der Waals surface area (Å²) in [6.07, 6.45) is 0. The van der Waals surface area contributed by atoms with Crippen molar-refractivity contribution in [3.05, 3.63) is 42.0 Å². The third kappa shape index (κ3) is 4.49. The van der Waals surface area contributed by atoms with Gasteiger partial charge in [0.25, 0.3) is 5.91 Å². The van der Waals surface area contributed by atoms with Crippen LogP contribution in [0.3, 0.4) is 0 Å². The molecule has 1 N–H and O–H groups in total. The Morgan fingerprint density at radius 3 is 2.44 bits per heavy atom. The molecule has 6 nitrogen and oxygen atoms in total. The second-order valence-electron chi connectivity index (χ2n) is 5.56. The molecular weight excluding hydrogens is 364 g/mol. The molecule has 0 saturated heterocycles. The summed E-state index contributed by atoms with van der Waals surface area (Å²) in [7, 11) is 0. The minimum atomic E-state index is -0.247. The smallest absolute Gasteiger partial charge is 0.257 e. The monoisotopic (exact) mass is 386 g/mol. The van der Waals surface area contributed by atoms with E-state index in [0.717, 1.165) is 16.0 Å². The Labute approximate surface area is 162 Å². The summed E-state index contributed by atoms with van der Waals surface area (Å²) in [4.78, 5) is 17.1. The van der Waals surface area contributed by atoms with Crippen molar-refractivity contribution in [2.45, 2.75) is 20.8 Å². The van der Waals surface area contributed by atoms with Crippen LogP contribution in [0, 0.1) is 0 Å². The van der Waals surface area contributed by atoms with Gasteiger partial charge in [-0.15, -0.1) is 0 Å². The van der Waals surface area contributed by atoms with E-state index in [0.29, 0.717) is 42.0 Å². The fraction of sp³-hybridized carbons (Fsp3) is 0.300. The first-order valence-corrected chi connectivity index (χ1v) is 9.70. The van der Waals surface area contributed by atoms with Gasteiger partial charge < -0.3 is 14.2 Å². The second-order valence-corrected chi connectivity index (χ2v) is 6.59. The van der Waals surface area contributed by atoms with Crippen molar-refractivity contribution in [3.63, 3.8) is 0 Å². The Balaban J connectivity index is 1.80. The van der Waals surface area contributed by atoms with E-state index in [1.807, 2.05) is 39.0 Å². The van der Waals surface area contributed by atoms with Crippen molar-refractivity contribution in [2.75, 3.05) is 25.1 Å². The Morgan fingerprint density at radius 1 is 0.963 bits per heavy atom. The topological polar surface area (TPSA) is 69.7 Å². The second kappa shape index (κ2) is 8.73. The molecule has 3 aromatic rings. The number of nitrogens with one attached hydrogen (secondary N) is 1. The molecule has 1 aromatic heterocycles. The molecule has 0 spiro atoms. The van der Waals surface area contributed by atoms with Crippen LogP contribution >= 0.6 is 11.3 Å².